The minimum Gasteiger partial charge on any atom is -0.374 e. The van der Waals surface area contributed by atoms with Crippen LogP contribution in [0.2, 0.25) is 0 Å². The van der Waals surface area contributed by atoms with Crippen molar-refractivity contribution in [1.82, 2.24) is 10.6 Å². The maximum atomic E-state index is 5.81. The lowest BCUT2D eigenvalue weighted by atomic mass is 9.92. The van der Waals surface area contributed by atoms with Gasteiger partial charge in [0, 0.05) is 13.2 Å². The summed E-state index contributed by atoms with van der Waals surface area (Å²) in [6.45, 7) is 7.92. The first-order valence-electron chi connectivity index (χ1n) is 7.28. The zero-order chi connectivity index (χ0) is 11.8. The summed E-state index contributed by atoms with van der Waals surface area (Å²) in [5.41, 5.74) is 0.839. The van der Waals surface area contributed by atoms with E-state index in [-0.39, 0.29) is 5.60 Å². The Balaban J connectivity index is 1.38. The summed E-state index contributed by atoms with van der Waals surface area (Å²) in [4.78, 5) is 0. The fraction of sp³-hybridized carbons (Fsp3) is 1.00. The van der Waals surface area contributed by atoms with Gasteiger partial charge in [-0.1, -0.05) is 0 Å². The highest BCUT2D eigenvalue weighted by molar-refractivity contribution is 5.05. The van der Waals surface area contributed by atoms with Gasteiger partial charge in [-0.3, -0.25) is 0 Å². The number of hydrogen-bond acceptors (Lipinski definition) is 3. The first-order valence-corrected chi connectivity index (χ1v) is 7.28. The standard InChI is InChI=1S/C14H26N2O/c1-13(3-2-8-17-13)11-16-10-12-9-14(12)4-6-15-7-5-14/h12,15-16H,2-11H2,1H3. The van der Waals surface area contributed by atoms with Crippen LogP contribution in [0.3, 0.4) is 0 Å². The molecule has 0 amide bonds. The van der Waals surface area contributed by atoms with E-state index < -0.39 is 0 Å². The summed E-state index contributed by atoms with van der Waals surface area (Å²) >= 11 is 0. The molecule has 98 valence electrons. The molecule has 0 bridgehead atoms. The Morgan fingerprint density at radius 3 is 2.82 bits per heavy atom. The molecule has 17 heavy (non-hydrogen) atoms. The molecule has 0 aromatic rings. The summed E-state index contributed by atoms with van der Waals surface area (Å²) in [7, 11) is 0. The fourth-order valence-electron chi connectivity index (χ4n) is 3.74. The number of hydrogen-bond donors (Lipinski definition) is 2. The number of nitrogens with one attached hydrogen (secondary N) is 2. The Labute approximate surface area is 105 Å². The molecule has 0 radical (unpaired) electrons. The third-order valence-electron chi connectivity index (χ3n) is 5.15. The van der Waals surface area contributed by atoms with Crippen LogP contribution in [-0.2, 0) is 4.74 Å². The van der Waals surface area contributed by atoms with Crippen LogP contribution < -0.4 is 10.6 Å². The van der Waals surface area contributed by atoms with E-state index >= 15 is 0 Å². The van der Waals surface area contributed by atoms with Crippen LogP contribution in [0.1, 0.15) is 39.0 Å². The maximum Gasteiger partial charge on any atom is 0.0779 e. The second-order valence-corrected chi connectivity index (χ2v) is 6.55. The highest BCUT2D eigenvalue weighted by atomic mass is 16.5. The molecule has 0 aromatic heterocycles. The van der Waals surface area contributed by atoms with Gasteiger partial charge in [-0.15, -0.1) is 0 Å². The van der Waals surface area contributed by atoms with Crippen molar-refractivity contribution in [3.8, 4) is 0 Å². The third kappa shape index (κ3) is 2.51. The molecule has 3 heteroatoms. The molecule has 3 rings (SSSR count). The van der Waals surface area contributed by atoms with Crippen LogP contribution in [0, 0.1) is 11.3 Å². The quantitative estimate of drug-likeness (QED) is 0.779. The van der Waals surface area contributed by atoms with Crippen molar-refractivity contribution in [2.24, 2.45) is 11.3 Å². The summed E-state index contributed by atoms with van der Waals surface area (Å²) < 4.78 is 5.81. The van der Waals surface area contributed by atoms with Gasteiger partial charge in [0.2, 0.25) is 0 Å². The van der Waals surface area contributed by atoms with Crippen LogP contribution in [-0.4, -0.2) is 38.4 Å². The monoisotopic (exact) mass is 238 g/mol. The zero-order valence-electron chi connectivity index (χ0n) is 11.1. The first-order chi connectivity index (χ1) is 8.23. The number of ether oxygens (including phenoxy) is 1. The van der Waals surface area contributed by atoms with Gasteiger partial charge >= 0.3 is 0 Å². The van der Waals surface area contributed by atoms with Gasteiger partial charge < -0.3 is 15.4 Å². The van der Waals surface area contributed by atoms with E-state index in [0.717, 1.165) is 24.5 Å². The van der Waals surface area contributed by atoms with Crippen molar-refractivity contribution < 1.29 is 4.74 Å². The van der Waals surface area contributed by atoms with E-state index in [1.54, 1.807) is 0 Å². The molecular weight excluding hydrogens is 212 g/mol. The zero-order valence-corrected chi connectivity index (χ0v) is 11.1. The lowest BCUT2D eigenvalue weighted by Crippen LogP contribution is -2.39. The summed E-state index contributed by atoms with van der Waals surface area (Å²) in [5.74, 6) is 0.939. The van der Waals surface area contributed by atoms with Crippen LogP contribution in [0.4, 0.5) is 0 Å². The topological polar surface area (TPSA) is 33.3 Å². The Kier molecular flexibility index (Phi) is 3.18. The van der Waals surface area contributed by atoms with E-state index in [1.807, 2.05) is 0 Å². The van der Waals surface area contributed by atoms with Crippen molar-refractivity contribution in [3.05, 3.63) is 0 Å². The molecule has 3 nitrogen and oxygen atoms in total. The molecule has 1 aliphatic carbocycles. The van der Waals surface area contributed by atoms with Crippen LogP contribution in [0.15, 0.2) is 0 Å². The number of piperidine rings is 1. The molecule has 2 atom stereocenters. The molecule has 2 N–H and O–H groups in total. The van der Waals surface area contributed by atoms with Gasteiger partial charge in [0.05, 0.1) is 5.60 Å². The molecule has 3 aliphatic rings. The van der Waals surface area contributed by atoms with Crippen molar-refractivity contribution in [3.63, 3.8) is 0 Å². The van der Waals surface area contributed by atoms with Gasteiger partial charge in [-0.2, -0.15) is 0 Å². The number of rotatable bonds is 4. The second kappa shape index (κ2) is 4.52. The Morgan fingerprint density at radius 2 is 2.12 bits per heavy atom. The Hall–Kier alpha value is -0.120. The first kappa shape index (κ1) is 11.9. The largest absolute Gasteiger partial charge is 0.374 e. The highest BCUT2D eigenvalue weighted by Gasteiger charge is 2.53. The Morgan fingerprint density at radius 1 is 1.29 bits per heavy atom. The summed E-state index contributed by atoms with van der Waals surface area (Å²) in [5, 5.41) is 7.12. The molecule has 2 unspecified atom stereocenters. The minimum atomic E-state index is 0.121. The molecule has 3 fully saturated rings. The normalized spacial score (nSPS) is 39.7. The lowest BCUT2D eigenvalue weighted by Gasteiger charge is -2.26. The molecule has 2 aliphatic heterocycles. The van der Waals surface area contributed by atoms with Crippen molar-refractivity contribution in [2.75, 3.05) is 32.8 Å². The predicted octanol–water partition coefficient (Wildman–Crippen LogP) is 1.53. The third-order valence-corrected chi connectivity index (χ3v) is 5.15. The Bertz CT molecular complexity index is 267. The molecule has 1 spiro atoms. The summed E-state index contributed by atoms with van der Waals surface area (Å²) in [6.07, 6.45) is 6.70. The highest BCUT2D eigenvalue weighted by Crippen LogP contribution is 2.58. The van der Waals surface area contributed by atoms with E-state index in [2.05, 4.69) is 17.6 Å². The van der Waals surface area contributed by atoms with Gasteiger partial charge in [-0.25, -0.2) is 0 Å². The van der Waals surface area contributed by atoms with E-state index in [1.165, 1.54) is 51.7 Å². The molecule has 1 saturated carbocycles. The average Bonchev–Trinajstić information content (AvgIpc) is 2.79. The van der Waals surface area contributed by atoms with Crippen LogP contribution in [0.5, 0.6) is 0 Å². The van der Waals surface area contributed by atoms with Gasteiger partial charge in [0.25, 0.3) is 0 Å². The smallest absolute Gasteiger partial charge is 0.0779 e. The fourth-order valence-corrected chi connectivity index (χ4v) is 3.74. The van der Waals surface area contributed by atoms with E-state index in [0.29, 0.717) is 0 Å². The molecular formula is C14H26N2O. The second-order valence-electron chi connectivity index (χ2n) is 6.55. The minimum absolute atomic E-state index is 0.121. The van der Waals surface area contributed by atoms with Crippen molar-refractivity contribution >= 4 is 0 Å². The molecule has 2 heterocycles. The maximum absolute atomic E-state index is 5.81. The van der Waals surface area contributed by atoms with Crippen molar-refractivity contribution in [2.45, 2.75) is 44.6 Å². The lowest BCUT2D eigenvalue weighted by molar-refractivity contribution is 0.0206. The average molecular weight is 238 g/mol. The van der Waals surface area contributed by atoms with Crippen molar-refractivity contribution in [1.29, 1.82) is 0 Å². The van der Waals surface area contributed by atoms with Gasteiger partial charge in [0.1, 0.15) is 0 Å². The molecule has 2 saturated heterocycles. The van der Waals surface area contributed by atoms with Crippen LogP contribution >= 0.6 is 0 Å². The van der Waals surface area contributed by atoms with Gasteiger partial charge in [-0.05, 0) is 70.0 Å². The predicted molar refractivity (Wildman–Crippen MR) is 69.1 cm³/mol. The van der Waals surface area contributed by atoms with E-state index in [4.69, 9.17) is 4.74 Å². The molecule has 0 aromatic carbocycles. The van der Waals surface area contributed by atoms with Crippen LogP contribution in [0.25, 0.3) is 0 Å². The van der Waals surface area contributed by atoms with E-state index in [9.17, 15) is 0 Å². The van der Waals surface area contributed by atoms with Gasteiger partial charge in [0.15, 0.2) is 0 Å². The summed E-state index contributed by atoms with van der Waals surface area (Å²) in [6, 6.07) is 0. The SMILES string of the molecule is CC1(CNCC2CC23CCNCC3)CCCO1.